The van der Waals surface area contributed by atoms with E-state index in [1.54, 1.807) is 12.3 Å². The van der Waals surface area contributed by atoms with E-state index in [0.717, 1.165) is 11.1 Å². The van der Waals surface area contributed by atoms with Crippen molar-refractivity contribution in [2.75, 3.05) is 11.9 Å². The average Bonchev–Trinajstić information content (AvgIpc) is 2.63. The maximum Gasteiger partial charge on any atom is 0.200 e. The van der Waals surface area contributed by atoms with E-state index in [4.69, 9.17) is 0 Å². The number of fused-ring (bicyclic) bond motifs is 1. The van der Waals surface area contributed by atoms with Crippen molar-refractivity contribution in [2.45, 2.75) is 40.8 Å². The lowest BCUT2D eigenvalue weighted by Crippen LogP contribution is -2.21. The van der Waals surface area contributed by atoms with Crippen LogP contribution in [0.5, 0.6) is 0 Å². The van der Waals surface area contributed by atoms with E-state index in [1.807, 2.05) is 41.6 Å². The summed E-state index contributed by atoms with van der Waals surface area (Å²) in [5.41, 5.74) is 2.97. The summed E-state index contributed by atoms with van der Waals surface area (Å²) in [6, 6.07) is 11.1. The number of rotatable bonds is 6. The number of nitrogens with zero attached hydrogens (tertiary/aromatic N) is 2. The van der Waals surface area contributed by atoms with Crippen molar-refractivity contribution in [2.24, 2.45) is 5.92 Å². The third-order valence-corrected chi connectivity index (χ3v) is 5.00. The molecule has 0 atom stereocenters. The number of carbonyl (C=O) groups is 1. The van der Waals surface area contributed by atoms with Gasteiger partial charge in [-0.3, -0.25) is 9.59 Å². The molecule has 3 rings (SSSR count). The summed E-state index contributed by atoms with van der Waals surface area (Å²) >= 11 is 0. The minimum atomic E-state index is -0.471. The van der Waals surface area contributed by atoms with Crippen LogP contribution in [0.4, 0.5) is 10.1 Å². The maximum atomic E-state index is 15.0. The summed E-state index contributed by atoms with van der Waals surface area (Å²) in [5, 5.41) is 0.239. The molecule has 29 heavy (non-hydrogen) atoms. The van der Waals surface area contributed by atoms with Crippen LogP contribution in [0.15, 0.2) is 47.4 Å². The summed E-state index contributed by atoms with van der Waals surface area (Å²) < 4.78 is 16.9. The van der Waals surface area contributed by atoms with E-state index in [-0.39, 0.29) is 16.7 Å². The number of anilines is 1. The highest BCUT2D eigenvalue weighted by Crippen LogP contribution is 2.26. The molecule has 0 saturated carbocycles. The minimum Gasteiger partial charge on any atom is -0.368 e. The zero-order valence-corrected chi connectivity index (χ0v) is 17.6. The molecule has 0 N–H and O–H groups in total. The number of hydrogen-bond acceptors (Lipinski definition) is 3. The Kier molecular flexibility index (Phi) is 5.87. The number of hydrogen-bond donors (Lipinski definition) is 0. The van der Waals surface area contributed by atoms with Crippen LogP contribution in [0.25, 0.3) is 10.9 Å². The number of Topliss-reactive ketones (excluding diaryl/α,β-unsaturated/α-hetero) is 1. The summed E-state index contributed by atoms with van der Waals surface area (Å²) in [5.74, 6) is -0.476. The minimum absolute atomic E-state index is 0.0958. The molecule has 0 amide bonds. The number of halogens is 1. The Morgan fingerprint density at radius 1 is 1.21 bits per heavy atom. The Morgan fingerprint density at radius 2 is 1.93 bits per heavy atom. The van der Waals surface area contributed by atoms with Gasteiger partial charge in [-0.2, -0.15) is 0 Å². The first-order chi connectivity index (χ1) is 13.7. The van der Waals surface area contributed by atoms with Crippen molar-refractivity contribution in [3.8, 4) is 0 Å². The Bertz CT molecular complexity index is 1130. The van der Waals surface area contributed by atoms with E-state index in [9.17, 15) is 14.0 Å². The first kappa shape index (κ1) is 20.8. The number of carbonyl (C=O) groups excluding carboxylic acids is 1. The van der Waals surface area contributed by atoms with Gasteiger partial charge in [0.15, 0.2) is 11.2 Å². The lowest BCUT2D eigenvalue weighted by Gasteiger charge is -2.22. The molecule has 1 heterocycles. The molecule has 0 radical (unpaired) electrons. The van der Waals surface area contributed by atoms with E-state index >= 15 is 0 Å². The van der Waals surface area contributed by atoms with Gasteiger partial charge in [-0.1, -0.05) is 43.7 Å². The number of pyridine rings is 1. The van der Waals surface area contributed by atoms with Gasteiger partial charge in [0.05, 0.1) is 16.8 Å². The van der Waals surface area contributed by atoms with Crippen LogP contribution in [0, 0.1) is 18.7 Å². The molecular weight excluding hydrogens is 367 g/mol. The van der Waals surface area contributed by atoms with Gasteiger partial charge < -0.3 is 9.47 Å². The number of benzene rings is 2. The number of aromatic nitrogens is 1. The molecule has 2 aromatic carbocycles. The zero-order chi connectivity index (χ0) is 21.3. The van der Waals surface area contributed by atoms with Gasteiger partial charge in [0.2, 0.25) is 0 Å². The lowest BCUT2D eigenvalue weighted by atomic mass is 10.1. The van der Waals surface area contributed by atoms with Crippen molar-refractivity contribution in [3.05, 3.63) is 75.3 Å². The van der Waals surface area contributed by atoms with Gasteiger partial charge in [-0.15, -0.1) is 0 Å². The van der Waals surface area contributed by atoms with Crippen LogP contribution >= 0.6 is 0 Å². The van der Waals surface area contributed by atoms with Crippen molar-refractivity contribution in [3.63, 3.8) is 0 Å². The van der Waals surface area contributed by atoms with Crippen LogP contribution < -0.4 is 10.3 Å². The van der Waals surface area contributed by atoms with E-state index < -0.39 is 11.2 Å². The first-order valence-corrected chi connectivity index (χ1v) is 9.81. The SMILES string of the molecule is CC(=O)c1cn(CC(C)C)c2cc(N(C)Cc3cccc(C)c3)c(F)cc2c1=O. The standard InChI is InChI=1S/C24H27FN2O2/c1-15(2)12-27-14-20(17(4)28)24(29)19-10-21(25)23(11-22(19)27)26(5)13-18-8-6-7-16(3)9-18/h6-11,14-15H,12-13H2,1-5H3. The molecule has 4 nitrogen and oxygen atoms in total. The third-order valence-electron chi connectivity index (χ3n) is 5.00. The Morgan fingerprint density at radius 3 is 2.55 bits per heavy atom. The summed E-state index contributed by atoms with van der Waals surface area (Å²) in [4.78, 5) is 26.5. The quantitative estimate of drug-likeness (QED) is 0.556. The Balaban J connectivity index is 2.14. The van der Waals surface area contributed by atoms with E-state index in [0.29, 0.717) is 30.2 Å². The van der Waals surface area contributed by atoms with Crippen molar-refractivity contribution in [1.82, 2.24) is 4.57 Å². The molecule has 0 aliphatic rings. The second-order valence-corrected chi connectivity index (χ2v) is 8.14. The summed E-state index contributed by atoms with van der Waals surface area (Å²) in [7, 11) is 1.83. The first-order valence-electron chi connectivity index (χ1n) is 9.81. The maximum absolute atomic E-state index is 15.0. The molecule has 152 valence electrons. The average molecular weight is 394 g/mol. The fraction of sp³-hybridized carbons (Fsp3) is 0.333. The zero-order valence-electron chi connectivity index (χ0n) is 17.6. The van der Waals surface area contributed by atoms with Gasteiger partial charge in [0, 0.05) is 31.7 Å². The van der Waals surface area contributed by atoms with Crippen LogP contribution in [-0.4, -0.2) is 17.4 Å². The Labute approximate surface area is 170 Å². The van der Waals surface area contributed by atoms with Gasteiger partial charge in [0.25, 0.3) is 0 Å². The summed E-state index contributed by atoms with van der Waals surface area (Å²) in [6.07, 6.45) is 1.61. The predicted molar refractivity (Wildman–Crippen MR) is 116 cm³/mol. The van der Waals surface area contributed by atoms with Gasteiger partial charge in [-0.05, 0) is 37.5 Å². The van der Waals surface area contributed by atoms with Gasteiger partial charge in [-0.25, -0.2) is 4.39 Å². The highest BCUT2D eigenvalue weighted by atomic mass is 19.1. The topological polar surface area (TPSA) is 42.3 Å². The van der Waals surface area contributed by atoms with E-state index in [1.165, 1.54) is 13.0 Å². The second-order valence-electron chi connectivity index (χ2n) is 8.14. The van der Waals surface area contributed by atoms with Crippen LogP contribution in [0.2, 0.25) is 0 Å². The molecule has 1 aromatic heterocycles. The largest absolute Gasteiger partial charge is 0.368 e. The lowest BCUT2D eigenvalue weighted by molar-refractivity contribution is 0.101. The number of ketones is 1. The molecule has 3 aromatic rings. The second kappa shape index (κ2) is 8.19. The highest BCUT2D eigenvalue weighted by molar-refractivity contribution is 5.97. The van der Waals surface area contributed by atoms with Crippen LogP contribution in [-0.2, 0) is 13.1 Å². The fourth-order valence-electron chi connectivity index (χ4n) is 3.66. The van der Waals surface area contributed by atoms with Crippen molar-refractivity contribution >= 4 is 22.4 Å². The molecule has 0 bridgehead atoms. The predicted octanol–water partition coefficient (Wildman–Crippen LogP) is 4.94. The van der Waals surface area contributed by atoms with Crippen LogP contribution in [0.1, 0.15) is 42.3 Å². The van der Waals surface area contributed by atoms with Crippen molar-refractivity contribution < 1.29 is 9.18 Å². The Hall–Kier alpha value is -2.95. The van der Waals surface area contributed by atoms with Crippen LogP contribution in [0.3, 0.4) is 0 Å². The van der Waals surface area contributed by atoms with Gasteiger partial charge in [0.1, 0.15) is 5.82 Å². The molecule has 5 heteroatoms. The fourth-order valence-corrected chi connectivity index (χ4v) is 3.66. The molecular formula is C24H27FN2O2. The normalized spacial score (nSPS) is 11.3. The molecule has 0 unspecified atom stereocenters. The molecule has 0 spiro atoms. The molecule has 0 fully saturated rings. The molecule has 0 aliphatic heterocycles. The summed E-state index contributed by atoms with van der Waals surface area (Å²) in [6.45, 7) is 8.69. The van der Waals surface area contributed by atoms with Crippen molar-refractivity contribution in [1.29, 1.82) is 0 Å². The van der Waals surface area contributed by atoms with E-state index in [2.05, 4.69) is 19.9 Å². The number of aryl methyl sites for hydroxylation is 1. The highest BCUT2D eigenvalue weighted by Gasteiger charge is 2.17. The smallest absolute Gasteiger partial charge is 0.200 e. The van der Waals surface area contributed by atoms with Gasteiger partial charge >= 0.3 is 0 Å². The molecule has 0 aliphatic carbocycles. The monoisotopic (exact) mass is 394 g/mol. The third kappa shape index (κ3) is 4.39. The molecule has 0 saturated heterocycles.